The molecule has 3 aromatic rings. The third-order valence-electron chi connectivity index (χ3n) is 12.1. The lowest BCUT2D eigenvalue weighted by atomic mass is 9.87. The molecule has 0 bridgehead atoms. The third-order valence-corrected chi connectivity index (χ3v) is 12.1. The maximum absolute atomic E-state index is 15.8. The lowest BCUT2D eigenvalue weighted by Gasteiger charge is -2.32. The number of amides is 4. The average molecular weight is 917 g/mol. The summed E-state index contributed by atoms with van der Waals surface area (Å²) in [5.41, 5.74) is 2.50. The fraction of sp³-hybridized carbons (Fsp3) is 0.500. The number of alkyl halides is 2. The highest BCUT2D eigenvalue weighted by molar-refractivity contribution is 6.10. The Morgan fingerprint density at radius 3 is 2.20 bits per heavy atom. The van der Waals surface area contributed by atoms with E-state index in [9.17, 15) is 43.5 Å². The summed E-state index contributed by atoms with van der Waals surface area (Å²) in [7, 11) is 0. The minimum absolute atomic E-state index is 0.0611. The van der Waals surface area contributed by atoms with E-state index < -0.39 is 101 Å². The minimum atomic E-state index is -4.74. The predicted octanol–water partition coefficient (Wildman–Crippen LogP) is 5.02. The molecule has 2 aliphatic heterocycles. The molecule has 354 valence electrons. The molecule has 0 aliphatic carbocycles. The van der Waals surface area contributed by atoms with Gasteiger partial charge in [-0.25, -0.2) is 14.6 Å². The third kappa shape index (κ3) is 12.7. The van der Waals surface area contributed by atoms with Gasteiger partial charge in [-0.05, 0) is 41.4 Å². The van der Waals surface area contributed by atoms with Crippen LogP contribution in [-0.4, -0.2) is 115 Å². The fourth-order valence-corrected chi connectivity index (χ4v) is 8.35. The number of ether oxygens (including phenoxy) is 1. The smallest absolute Gasteiger partial charge is 0.410 e. The van der Waals surface area contributed by atoms with Crippen molar-refractivity contribution in [1.29, 1.82) is 0 Å². The van der Waals surface area contributed by atoms with Gasteiger partial charge in [0.05, 0.1) is 18.8 Å². The molecule has 1 saturated heterocycles. The molecule has 3 N–H and O–H groups in total. The van der Waals surface area contributed by atoms with Gasteiger partial charge in [-0.1, -0.05) is 95.6 Å². The van der Waals surface area contributed by atoms with Crippen molar-refractivity contribution in [3.05, 3.63) is 95.6 Å². The number of ketones is 3. The van der Waals surface area contributed by atoms with E-state index in [4.69, 9.17) is 4.74 Å². The molecule has 66 heavy (non-hydrogen) atoms. The number of rotatable bonds is 21. The van der Waals surface area contributed by atoms with Gasteiger partial charge in [0.15, 0.2) is 11.6 Å². The summed E-state index contributed by atoms with van der Waals surface area (Å²) in [4.78, 5) is 119. The highest BCUT2D eigenvalue weighted by atomic mass is 19.3. The van der Waals surface area contributed by atoms with Gasteiger partial charge in [-0.15, -0.1) is 0 Å². The first kappa shape index (κ1) is 50.5. The molecule has 4 amide bonds. The van der Waals surface area contributed by atoms with E-state index in [1.807, 2.05) is 24.3 Å². The van der Waals surface area contributed by atoms with Crippen molar-refractivity contribution in [3.8, 4) is 0 Å². The summed E-state index contributed by atoms with van der Waals surface area (Å²) in [6.45, 7) is 8.68. The average Bonchev–Trinajstić information content (AvgIpc) is 3.72. The van der Waals surface area contributed by atoms with Crippen molar-refractivity contribution in [2.75, 3.05) is 13.1 Å². The quantitative estimate of drug-likeness (QED) is 0.0948. The highest BCUT2D eigenvalue weighted by Gasteiger charge is 2.52. The van der Waals surface area contributed by atoms with Crippen LogP contribution >= 0.6 is 0 Å². The van der Waals surface area contributed by atoms with Crippen LogP contribution in [0.4, 0.5) is 13.6 Å². The number of aromatic nitrogens is 2. The van der Waals surface area contributed by atoms with Crippen LogP contribution in [0.1, 0.15) is 93.9 Å². The zero-order chi connectivity index (χ0) is 48.3. The number of hydrogen-bond donors (Lipinski definition) is 3. The molecule has 1 fully saturated rings. The zero-order valence-electron chi connectivity index (χ0n) is 37.8. The molecule has 3 heterocycles. The van der Waals surface area contributed by atoms with Gasteiger partial charge in [0.1, 0.15) is 23.9 Å². The van der Waals surface area contributed by atoms with Gasteiger partial charge in [-0.2, -0.15) is 8.78 Å². The number of fused-ring (bicyclic) bond motifs is 1. The normalized spacial score (nSPS) is 17.8. The Balaban J connectivity index is 1.37. The first-order valence-corrected chi connectivity index (χ1v) is 22.3. The van der Waals surface area contributed by atoms with E-state index in [0.717, 1.165) is 16.0 Å². The van der Waals surface area contributed by atoms with E-state index in [0.29, 0.717) is 18.5 Å². The Hall–Kier alpha value is -6.46. The first-order chi connectivity index (χ1) is 31.3. The number of carboxylic acids is 1. The number of hydrogen-bond acceptors (Lipinski definition) is 11. The van der Waals surface area contributed by atoms with Crippen molar-refractivity contribution >= 4 is 47.1 Å². The van der Waals surface area contributed by atoms with E-state index in [2.05, 4.69) is 15.3 Å². The number of likely N-dealkylation sites (tertiary alicyclic amines) is 1. The largest absolute Gasteiger partial charge is 0.480 e. The van der Waals surface area contributed by atoms with Crippen LogP contribution in [-0.2, 0) is 52.9 Å². The molecule has 5 rings (SSSR count). The molecule has 6 atom stereocenters. The second-order valence-corrected chi connectivity index (χ2v) is 17.6. The van der Waals surface area contributed by atoms with Crippen LogP contribution in [0.2, 0.25) is 0 Å². The standard InChI is InChI=1S/C48H58F2N6O10/c1-6-12-32(42(59)48(49,50)46(64)53-36(45(62)63)21-30-13-8-7-9-14-30)22-40(58)38-23-34(66-47(65)55-20-17-31-15-10-11-16-33(31)26-55)27-56(38)44(61)41(29(4)5)54-43(60)35(28(2)3)24-39(57)37-25-51-18-19-52-37/h7-11,13-16,18-19,25,28-29,32,34-36,38,41H,6,12,17,20-24,26-27H2,1-5H3,(H,53,64)(H,54,60)(H,62,63)/t32-,34-,35+,36+,38+,41+/m1/s1. The Kier molecular flexibility index (Phi) is 17.3. The number of benzene rings is 2. The van der Waals surface area contributed by atoms with E-state index in [1.165, 1.54) is 23.5 Å². The van der Waals surface area contributed by atoms with Crippen molar-refractivity contribution in [2.24, 2.45) is 23.7 Å². The summed E-state index contributed by atoms with van der Waals surface area (Å²) in [6.07, 6.45) is 1.03. The zero-order valence-corrected chi connectivity index (χ0v) is 37.8. The Morgan fingerprint density at radius 2 is 1.58 bits per heavy atom. The molecule has 2 aromatic carbocycles. The second-order valence-electron chi connectivity index (χ2n) is 17.6. The summed E-state index contributed by atoms with van der Waals surface area (Å²) in [5.74, 6) is -16.6. The van der Waals surface area contributed by atoms with E-state index >= 15 is 8.78 Å². The number of Topliss-reactive ketones (excluding diaryl/α,β-unsaturated/α-hetero) is 3. The maximum atomic E-state index is 15.8. The molecule has 1 aromatic heterocycles. The number of nitrogens with one attached hydrogen (secondary N) is 2. The lowest BCUT2D eigenvalue weighted by Crippen LogP contribution is -2.56. The Bertz CT molecular complexity index is 2240. The van der Waals surface area contributed by atoms with E-state index in [1.54, 1.807) is 70.3 Å². The van der Waals surface area contributed by atoms with Crippen molar-refractivity contribution < 1.29 is 57.0 Å². The van der Waals surface area contributed by atoms with Crippen LogP contribution in [0.5, 0.6) is 0 Å². The Morgan fingerprint density at radius 1 is 0.894 bits per heavy atom. The highest BCUT2D eigenvalue weighted by Crippen LogP contribution is 2.31. The SMILES string of the molecule is CCC[C@H](CC(=O)[C@@H]1C[C@@H](OC(=O)N2CCc3ccccc3C2)CN1C(=O)[C@@H](NC(=O)[C@@H](CC(=O)c1cnccn1)C(C)C)C(C)C)C(=O)C(F)(F)C(=O)N[C@@H](Cc1ccccc1)C(=O)O. The number of carboxylic acid groups (broad SMARTS) is 1. The van der Waals surface area contributed by atoms with Gasteiger partial charge < -0.3 is 30.3 Å². The molecular weight excluding hydrogens is 859 g/mol. The molecule has 0 saturated carbocycles. The first-order valence-electron chi connectivity index (χ1n) is 22.3. The van der Waals surface area contributed by atoms with Crippen molar-refractivity contribution in [2.45, 2.75) is 116 Å². The van der Waals surface area contributed by atoms with Crippen LogP contribution < -0.4 is 10.6 Å². The maximum Gasteiger partial charge on any atom is 0.410 e. The molecule has 16 nitrogen and oxygen atoms in total. The predicted molar refractivity (Wildman–Crippen MR) is 235 cm³/mol. The fourth-order valence-electron chi connectivity index (χ4n) is 8.35. The molecular formula is C48H58F2N6O10. The van der Waals surface area contributed by atoms with Gasteiger partial charge in [0.25, 0.3) is 5.91 Å². The van der Waals surface area contributed by atoms with Gasteiger partial charge in [0.2, 0.25) is 17.6 Å². The Labute approximate surface area is 382 Å². The molecule has 2 aliphatic rings. The van der Waals surface area contributed by atoms with Crippen LogP contribution in [0.15, 0.2) is 73.2 Å². The minimum Gasteiger partial charge on any atom is -0.480 e. The number of carbonyl (C=O) groups excluding carboxylic acids is 7. The topological polar surface area (TPSA) is 222 Å². The summed E-state index contributed by atoms with van der Waals surface area (Å²) < 4.78 is 37.5. The second kappa shape index (κ2) is 22.6. The number of carbonyl (C=O) groups is 8. The summed E-state index contributed by atoms with van der Waals surface area (Å²) >= 11 is 0. The van der Waals surface area contributed by atoms with Crippen LogP contribution in [0.3, 0.4) is 0 Å². The van der Waals surface area contributed by atoms with E-state index in [-0.39, 0.29) is 56.8 Å². The molecule has 18 heteroatoms. The van der Waals surface area contributed by atoms with Crippen LogP contribution in [0.25, 0.3) is 0 Å². The molecule has 0 spiro atoms. The lowest BCUT2D eigenvalue weighted by molar-refractivity contribution is -0.163. The van der Waals surface area contributed by atoms with Crippen molar-refractivity contribution in [3.63, 3.8) is 0 Å². The van der Waals surface area contributed by atoms with Gasteiger partial charge >= 0.3 is 18.0 Å². The molecule has 0 radical (unpaired) electrons. The molecule has 0 unspecified atom stereocenters. The van der Waals surface area contributed by atoms with Gasteiger partial charge in [0, 0.05) is 63.0 Å². The summed E-state index contributed by atoms with van der Waals surface area (Å²) in [6, 6.07) is 11.1. The van der Waals surface area contributed by atoms with Crippen molar-refractivity contribution in [1.82, 2.24) is 30.4 Å². The van der Waals surface area contributed by atoms with Gasteiger partial charge in [-0.3, -0.25) is 33.8 Å². The number of aliphatic carboxylic acids is 1. The number of nitrogens with zero attached hydrogens (tertiary/aromatic N) is 4. The summed E-state index contributed by atoms with van der Waals surface area (Å²) in [5, 5.41) is 14.3. The monoisotopic (exact) mass is 916 g/mol. The van der Waals surface area contributed by atoms with Crippen LogP contribution in [0, 0.1) is 23.7 Å². The number of halogens is 2.